The van der Waals surface area contributed by atoms with Crippen molar-refractivity contribution in [3.05, 3.63) is 0 Å². The number of rotatable bonds is 2. The number of hydrogen-bond donors (Lipinski definition) is 1. The van der Waals surface area contributed by atoms with Gasteiger partial charge in [0.2, 0.25) is 5.91 Å². The van der Waals surface area contributed by atoms with E-state index in [1.165, 1.54) is 0 Å². The normalized spacial score (nSPS) is 26.4. The molecule has 6 nitrogen and oxygen atoms in total. The summed E-state index contributed by atoms with van der Waals surface area (Å²) in [6.45, 7) is 8.56. The highest BCUT2D eigenvalue weighted by atomic mass is 16.6. The summed E-state index contributed by atoms with van der Waals surface area (Å²) in [4.78, 5) is 26.3. The number of hydrogen-bond acceptors (Lipinski definition) is 4. The van der Waals surface area contributed by atoms with Gasteiger partial charge >= 0.3 is 6.09 Å². The number of carbonyl (C=O) groups excluding carboxylic acids is 2. The average molecular weight is 349 g/mol. The van der Waals surface area contributed by atoms with Gasteiger partial charge < -0.3 is 15.0 Å². The third-order valence-electron chi connectivity index (χ3n) is 5.23. The number of carbonyl (C=O) groups is 2. The van der Waals surface area contributed by atoms with E-state index in [-0.39, 0.29) is 17.9 Å². The van der Waals surface area contributed by atoms with E-state index in [4.69, 9.17) is 4.74 Å². The van der Waals surface area contributed by atoms with Crippen molar-refractivity contribution in [3.63, 3.8) is 0 Å². The zero-order chi connectivity index (χ0) is 18.7. The van der Waals surface area contributed by atoms with E-state index in [1.54, 1.807) is 4.90 Å². The number of nitriles is 1. The van der Waals surface area contributed by atoms with E-state index in [0.29, 0.717) is 31.8 Å². The molecule has 1 saturated heterocycles. The first-order valence-electron chi connectivity index (χ1n) is 9.35. The molecule has 2 aliphatic rings. The van der Waals surface area contributed by atoms with Gasteiger partial charge in [0, 0.05) is 31.8 Å². The van der Waals surface area contributed by atoms with Crippen LogP contribution in [0.25, 0.3) is 0 Å². The summed E-state index contributed by atoms with van der Waals surface area (Å²) in [7, 11) is 0. The Hall–Kier alpha value is -1.77. The van der Waals surface area contributed by atoms with E-state index in [2.05, 4.69) is 18.3 Å². The maximum Gasteiger partial charge on any atom is 0.410 e. The molecule has 1 N–H and O–H groups in total. The lowest BCUT2D eigenvalue weighted by atomic mass is 9.81. The van der Waals surface area contributed by atoms with Crippen LogP contribution in [0, 0.1) is 23.2 Å². The van der Waals surface area contributed by atoms with Crippen LogP contribution in [0.1, 0.15) is 66.2 Å². The van der Waals surface area contributed by atoms with E-state index in [0.717, 1.165) is 25.7 Å². The lowest BCUT2D eigenvalue weighted by molar-refractivity contribution is -0.128. The molecule has 6 heteroatoms. The second-order valence-electron chi connectivity index (χ2n) is 8.61. The summed E-state index contributed by atoms with van der Waals surface area (Å²) in [5.41, 5.74) is -1.40. The molecule has 1 heterocycles. The lowest BCUT2D eigenvalue weighted by Gasteiger charge is -2.39. The Morgan fingerprint density at radius 3 is 2.20 bits per heavy atom. The van der Waals surface area contributed by atoms with Crippen LogP contribution in [0.2, 0.25) is 0 Å². The second kappa shape index (κ2) is 7.63. The zero-order valence-corrected chi connectivity index (χ0v) is 15.9. The van der Waals surface area contributed by atoms with Gasteiger partial charge in [-0.15, -0.1) is 0 Å². The largest absolute Gasteiger partial charge is 0.444 e. The number of nitrogens with one attached hydrogen (secondary N) is 1. The van der Waals surface area contributed by atoms with E-state index in [9.17, 15) is 14.9 Å². The minimum atomic E-state index is -0.862. The molecular formula is C19H31N3O3. The Morgan fingerprint density at radius 1 is 1.16 bits per heavy atom. The zero-order valence-electron chi connectivity index (χ0n) is 15.9. The number of likely N-dealkylation sites (tertiary alicyclic amines) is 1. The van der Waals surface area contributed by atoms with Crippen LogP contribution < -0.4 is 5.32 Å². The highest BCUT2D eigenvalue weighted by molar-refractivity contribution is 5.80. The molecule has 1 saturated carbocycles. The summed E-state index contributed by atoms with van der Waals surface area (Å²) in [6, 6.07) is 2.29. The third kappa shape index (κ3) is 5.35. The number of amides is 2. The fraction of sp³-hybridized carbons (Fsp3) is 0.842. The first-order valence-corrected chi connectivity index (χ1v) is 9.35. The number of nitrogens with zero attached hydrogens (tertiary/aromatic N) is 2. The molecule has 0 unspecified atom stereocenters. The standard InChI is InChI=1S/C19H31N3O3/c1-14-5-7-15(8-6-14)16(23)21-19(13-20)9-11-22(12-10-19)17(24)25-18(2,3)4/h14-15H,5-12H2,1-4H3,(H,21,23). The first kappa shape index (κ1) is 19.6. The van der Waals surface area contributed by atoms with Crippen LogP contribution in [0.3, 0.4) is 0 Å². The van der Waals surface area contributed by atoms with Crippen LogP contribution in [0.5, 0.6) is 0 Å². The van der Waals surface area contributed by atoms with Gasteiger partial charge in [-0.25, -0.2) is 4.79 Å². The molecule has 2 fully saturated rings. The van der Waals surface area contributed by atoms with Gasteiger partial charge in [-0.1, -0.05) is 6.92 Å². The predicted molar refractivity (Wildman–Crippen MR) is 94.6 cm³/mol. The SMILES string of the molecule is CC1CCC(C(=O)NC2(C#N)CCN(C(=O)OC(C)(C)C)CC2)CC1. The van der Waals surface area contributed by atoms with Gasteiger partial charge in [-0.2, -0.15) is 5.26 Å². The van der Waals surface area contributed by atoms with E-state index in [1.807, 2.05) is 20.8 Å². The lowest BCUT2D eigenvalue weighted by Crippen LogP contribution is -2.57. The molecule has 25 heavy (non-hydrogen) atoms. The van der Waals surface area contributed by atoms with Crippen LogP contribution in [0.15, 0.2) is 0 Å². The van der Waals surface area contributed by atoms with Gasteiger partial charge in [0.15, 0.2) is 0 Å². The van der Waals surface area contributed by atoms with Crippen molar-refractivity contribution in [2.75, 3.05) is 13.1 Å². The van der Waals surface area contributed by atoms with E-state index < -0.39 is 11.1 Å². The molecule has 0 aromatic rings. The van der Waals surface area contributed by atoms with Crippen LogP contribution in [-0.4, -0.2) is 41.1 Å². The van der Waals surface area contributed by atoms with Crippen molar-refractivity contribution < 1.29 is 14.3 Å². The predicted octanol–water partition coefficient (Wildman–Crippen LogP) is 3.22. The maximum atomic E-state index is 12.6. The maximum absolute atomic E-state index is 12.6. The topological polar surface area (TPSA) is 82.4 Å². The van der Waals surface area contributed by atoms with Gasteiger partial charge in [0.25, 0.3) is 0 Å². The van der Waals surface area contributed by atoms with Crippen molar-refractivity contribution in [2.24, 2.45) is 11.8 Å². The fourth-order valence-electron chi connectivity index (χ4n) is 3.52. The summed E-state index contributed by atoms with van der Waals surface area (Å²) >= 11 is 0. The molecule has 2 rings (SSSR count). The number of piperidine rings is 1. The molecule has 0 spiro atoms. The summed E-state index contributed by atoms with van der Waals surface area (Å²) in [5.74, 6) is 0.704. The molecule has 0 aromatic heterocycles. The molecule has 140 valence electrons. The Kier molecular flexibility index (Phi) is 5.97. The molecule has 0 aromatic carbocycles. The molecule has 0 radical (unpaired) electrons. The van der Waals surface area contributed by atoms with Crippen molar-refractivity contribution >= 4 is 12.0 Å². The second-order valence-corrected chi connectivity index (χ2v) is 8.61. The Balaban J connectivity index is 1.89. The molecule has 1 aliphatic carbocycles. The molecular weight excluding hydrogens is 318 g/mol. The highest BCUT2D eigenvalue weighted by Gasteiger charge is 2.40. The van der Waals surface area contributed by atoms with Gasteiger partial charge in [0.1, 0.15) is 11.1 Å². The van der Waals surface area contributed by atoms with E-state index >= 15 is 0 Å². The quantitative estimate of drug-likeness (QED) is 0.830. The van der Waals surface area contributed by atoms with Crippen molar-refractivity contribution in [1.82, 2.24) is 10.2 Å². The van der Waals surface area contributed by atoms with Crippen molar-refractivity contribution in [1.29, 1.82) is 5.26 Å². The monoisotopic (exact) mass is 349 g/mol. The van der Waals surface area contributed by atoms with Crippen molar-refractivity contribution in [2.45, 2.75) is 77.4 Å². The summed E-state index contributed by atoms with van der Waals surface area (Å²) < 4.78 is 5.38. The van der Waals surface area contributed by atoms with Gasteiger partial charge in [0.05, 0.1) is 6.07 Å². The minimum Gasteiger partial charge on any atom is -0.444 e. The first-order chi connectivity index (χ1) is 11.6. The van der Waals surface area contributed by atoms with Gasteiger partial charge in [-0.05, 0) is 52.4 Å². The average Bonchev–Trinajstić information content (AvgIpc) is 2.54. The Morgan fingerprint density at radius 2 is 1.72 bits per heavy atom. The Labute approximate surface area is 150 Å². The van der Waals surface area contributed by atoms with Gasteiger partial charge in [-0.3, -0.25) is 4.79 Å². The summed E-state index contributed by atoms with van der Waals surface area (Å²) in [5, 5.41) is 12.6. The Bertz CT molecular complexity index is 531. The smallest absolute Gasteiger partial charge is 0.410 e. The third-order valence-corrected chi connectivity index (χ3v) is 5.23. The minimum absolute atomic E-state index is 0.000770. The highest BCUT2D eigenvalue weighted by Crippen LogP contribution is 2.30. The van der Waals surface area contributed by atoms with Crippen LogP contribution in [-0.2, 0) is 9.53 Å². The molecule has 0 atom stereocenters. The molecule has 2 amide bonds. The number of ether oxygens (including phenoxy) is 1. The van der Waals surface area contributed by atoms with Crippen LogP contribution in [0.4, 0.5) is 4.79 Å². The fourth-order valence-corrected chi connectivity index (χ4v) is 3.52. The molecule has 0 bridgehead atoms. The molecule has 1 aliphatic heterocycles. The van der Waals surface area contributed by atoms with Crippen LogP contribution >= 0.6 is 0 Å². The summed E-state index contributed by atoms with van der Waals surface area (Å²) in [6.07, 6.45) is 4.48. The van der Waals surface area contributed by atoms with Crippen molar-refractivity contribution in [3.8, 4) is 6.07 Å².